The van der Waals surface area contributed by atoms with Crippen LogP contribution < -0.4 is 5.46 Å². The number of benzene rings is 1. The van der Waals surface area contributed by atoms with E-state index >= 15 is 0 Å². The molecule has 1 rings (SSSR count). The van der Waals surface area contributed by atoms with E-state index in [1.54, 1.807) is 12.1 Å². The van der Waals surface area contributed by atoms with Gasteiger partial charge < -0.3 is 10.0 Å². The zero-order valence-corrected chi connectivity index (χ0v) is 9.95. The minimum Gasteiger partial charge on any atom is -0.423 e. The highest BCUT2D eigenvalue weighted by Gasteiger charge is 2.19. The van der Waals surface area contributed by atoms with Crippen molar-refractivity contribution in [1.82, 2.24) is 0 Å². The third-order valence-electron chi connectivity index (χ3n) is 1.55. The molecule has 1 aromatic carbocycles. The molecule has 0 atom stereocenters. The Kier molecular flexibility index (Phi) is 4.13. The van der Waals surface area contributed by atoms with Crippen LogP contribution in [0, 0.1) is 0 Å². The van der Waals surface area contributed by atoms with E-state index in [0.29, 0.717) is 15.0 Å². The molecular weight excluding hydrogens is 274 g/mol. The number of halogens is 2. The quantitative estimate of drug-likeness (QED) is 0.637. The van der Waals surface area contributed by atoms with E-state index in [1.165, 1.54) is 11.8 Å². The Morgan fingerprint density at radius 2 is 2.08 bits per heavy atom. The predicted octanol–water partition coefficient (Wildman–Crippen LogP) is 1.50. The average Bonchev–Trinajstić information content (AvgIpc) is 2.02. The van der Waals surface area contributed by atoms with Gasteiger partial charge in [-0.2, -0.15) is 0 Å². The van der Waals surface area contributed by atoms with E-state index < -0.39 is 7.12 Å². The van der Waals surface area contributed by atoms with Crippen LogP contribution in [-0.2, 0) is 0 Å². The SMILES string of the molecule is CSc1cc(Cl)c(B(O)O)c(Br)c1. The van der Waals surface area contributed by atoms with Crippen molar-refractivity contribution in [3.05, 3.63) is 21.6 Å². The molecular formula is C7H7BBrClO2S. The van der Waals surface area contributed by atoms with Crippen LogP contribution in [0.5, 0.6) is 0 Å². The highest BCUT2D eigenvalue weighted by atomic mass is 79.9. The average molecular weight is 281 g/mol. The zero-order chi connectivity index (χ0) is 10.0. The Bertz CT molecular complexity index is 298. The summed E-state index contributed by atoms with van der Waals surface area (Å²) < 4.78 is 0.611. The molecule has 0 bridgehead atoms. The van der Waals surface area contributed by atoms with Crippen molar-refractivity contribution in [3.8, 4) is 0 Å². The van der Waals surface area contributed by atoms with Gasteiger partial charge in [-0.05, 0) is 18.4 Å². The lowest BCUT2D eigenvalue weighted by Crippen LogP contribution is -2.32. The number of hydrogen-bond acceptors (Lipinski definition) is 3. The Morgan fingerprint density at radius 3 is 2.46 bits per heavy atom. The van der Waals surface area contributed by atoms with Crippen LogP contribution in [0.1, 0.15) is 0 Å². The monoisotopic (exact) mass is 280 g/mol. The number of thioether (sulfide) groups is 1. The van der Waals surface area contributed by atoms with Crippen LogP contribution in [0.15, 0.2) is 21.5 Å². The van der Waals surface area contributed by atoms with Gasteiger partial charge in [0.15, 0.2) is 0 Å². The van der Waals surface area contributed by atoms with Gasteiger partial charge in [-0.25, -0.2) is 0 Å². The summed E-state index contributed by atoms with van der Waals surface area (Å²) in [4.78, 5) is 0.973. The summed E-state index contributed by atoms with van der Waals surface area (Å²) in [5, 5.41) is 18.3. The third kappa shape index (κ3) is 2.64. The van der Waals surface area contributed by atoms with Crippen LogP contribution in [0.2, 0.25) is 5.02 Å². The molecule has 70 valence electrons. The van der Waals surface area contributed by atoms with E-state index in [9.17, 15) is 0 Å². The molecule has 2 N–H and O–H groups in total. The van der Waals surface area contributed by atoms with Crippen molar-refractivity contribution in [2.75, 3.05) is 6.26 Å². The highest BCUT2D eigenvalue weighted by molar-refractivity contribution is 9.10. The van der Waals surface area contributed by atoms with Crippen molar-refractivity contribution in [2.45, 2.75) is 4.90 Å². The Hall–Kier alpha value is 0.325. The fraction of sp³-hybridized carbons (Fsp3) is 0.143. The van der Waals surface area contributed by atoms with Gasteiger partial charge in [-0.3, -0.25) is 0 Å². The first-order valence-electron chi connectivity index (χ1n) is 3.45. The largest absolute Gasteiger partial charge is 0.491 e. The van der Waals surface area contributed by atoms with Crippen LogP contribution in [-0.4, -0.2) is 23.4 Å². The molecule has 0 unspecified atom stereocenters. The summed E-state index contributed by atoms with van der Waals surface area (Å²) in [5.41, 5.74) is 0.305. The van der Waals surface area contributed by atoms with Crippen molar-refractivity contribution in [1.29, 1.82) is 0 Å². The van der Waals surface area contributed by atoms with Gasteiger partial charge in [0.1, 0.15) is 0 Å². The highest BCUT2D eigenvalue weighted by Crippen LogP contribution is 2.23. The zero-order valence-electron chi connectivity index (χ0n) is 6.79. The predicted molar refractivity (Wildman–Crippen MR) is 60.8 cm³/mol. The molecule has 2 nitrogen and oxygen atoms in total. The second-order valence-corrected chi connectivity index (χ2v) is 4.52. The van der Waals surface area contributed by atoms with Gasteiger partial charge in [-0.1, -0.05) is 27.5 Å². The molecule has 0 aromatic heterocycles. The molecule has 0 aliphatic heterocycles. The van der Waals surface area contributed by atoms with Gasteiger partial charge >= 0.3 is 7.12 Å². The minimum atomic E-state index is -1.54. The van der Waals surface area contributed by atoms with E-state index in [-0.39, 0.29) is 0 Å². The number of rotatable bonds is 2. The Labute approximate surface area is 94.6 Å². The lowest BCUT2D eigenvalue weighted by molar-refractivity contribution is 0.425. The third-order valence-corrected chi connectivity index (χ3v) is 3.22. The van der Waals surface area contributed by atoms with Crippen LogP contribution >= 0.6 is 39.3 Å². The van der Waals surface area contributed by atoms with Crippen molar-refractivity contribution in [3.63, 3.8) is 0 Å². The van der Waals surface area contributed by atoms with Gasteiger partial charge in [0, 0.05) is 19.9 Å². The number of hydrogen-bond donors (Lipinski definition) is 2. The second-order valence-electron chi connectivity index (χ2n) is 2.38. The molecule has 0 fully saturated rings. The molecule has 0 spiro atoms. The molecule has 0 aliphatic rings. The molecule has 0 saturated carbocycles. The van der Waals surface area contributed by atoms with Crippen molar-refractivity contribution in [2.24, 2.45) is 0 Å². The maximum atomic E-state index is 8.98. The normalized spacial score (nSPS) is 10.2. The fourth-order valence-corrected chi connectivity index (χ4v) is 2.71. The standard InChI is InChI=1S/C7H7BBrClO2S/c1-13-4-2-5(9)7(8(11)12)6(10)3-4/h2-3,11-12H,1H3. The molecule has 0 saturated heterocycles. The first-order valence-corrected chi connectivity index (χ1v) is 5.85. The molecule has 6 heteroatoms. The van der Waals surface area contributed by atoms with Crippen LogP contribution in [0.4, 0.5) is 0 Å². The van der Waals surface area contributed by atoms with E-state index in [4.69, 9.17) is 21.6 Å². The minimum absolute atomic E-state index is 0.305. The maximum Gasteiger partial charge on any atom is 0.491 e. The summed E-state index contributed by atoms with van der Waals surface area (Å²) in [6.45, 7) is 0. The molecule has 0 aliphatic carbocycles. The molecule has 0 amide bonds. The molecule has 13 heavy (non-hydrogen) atoms. The second kappa shape index (κ2) is 4.71. The fourth-order valence-electron chi connectivity index (χ4n) is 0.926. The molecule has 0 heterocycles. The summed E-state index contributed by atoms with van der Waals surface area (Å²) in [7, 11) is -1.54. The van der Waals surface area contributed by atoms with Crippen molar-refractivity contribution < 1.29 is 10.0 Å². The maximum absolute atomic E-state index is 8.98. The van der Waals surface area contributed by atoms with Gasteiger partial charge in [-0.15, -0.1) is 11.8 Å². The summed E-state index contributed by atoms with van der Waals surface area (Å²) in [5.74, 6) is 0. The Morgan fingerprint density at radius 1 is 1.46 bits per heavy atom. The van der Waals surface area contributed by atoms with Gasteiger partial charge in [0.2, 0.25) is 0 Å². The van der Waals surface area contributed by atoms with Crippen LogP contribution in [0.25, 0.3) is 0 Å². The van der Waals surface area contributed by atoms with Gasteiger partial charge in [0.05, 0.1) is 0 Å². The van der Waals surface area contributed by atoms with E-state index in [1.807, 2.05) is 6.26 Å². The Balaban J connectivity index is 3.23. The first kappa shape index (κ1) is 11.4. The lowest BCUT2D eigenvalue weighted by atomic mass is 9.80. The van der Waals surface area contributed by atoms with E-state index in [2.05, 4.69) is 15.9 Å². The van der Waals surface area contributed by atoms with Crippen molar-refractivity contribution >= 4 is 51.9 Å². The van der Waals surface area contributed by atoms with Crippen LogP contribution in [0.3, 0.4) is 0 Å². The molecule has 1 aromatic rings. The summed E-state index contributed by atoms with van der Waals surface area (Å²) >= 11 is 10.6. The van der Waals surface area contributed by atoms with E-state index in [0.717, 1.165) is 4.90 Å². The molecule has 0 radical (unpaired) electrons. The first-order chi connectivity index (χ1) is 6.06. The topological polar surface area (TPSA) is 40.5 Å². The lowest BCUT2D eigenvalue weighted by Gasteiger charge is -2.07. The summed E-state index contributed by atoms with van der Waals surface area (Å²) in [6, 6.07) is 3.50. The van der Waals surface area contributed by atoms with Gasteiger partial charge in [0.25, 0.3) is 0 Å². The summed E-state index contributed by atoms with van der Waals surface area (Å²) in [6.07, 6.45) is 1.92. The smallest absolute Gasteiger partial charge is 0.423 e.